The van der Waals surface area contributed by atoms with Crippen molar-refractivity contribution in [3.8, 4) is 22.9 Å². The Labute approximate surface area is 187 Å². The first-order valence-electron chi connectivity index (χ1n) is 10.9. The molecule has 11 heteroatoms. The fraction of sp³-hybridized carbons (Fsp3) is 0.500. The van der Waals surface area contributed by atoms with Crippen LogP contribution >= 0.6 is 0 Å². The van der Waals surface area contributed by atoms with Crippen molar-refractivity contribution >= 4 is 11.5 Å². The second kappa shape index (κ2) is 8.05. The van der Waals surface area contributed by atoms with E-state index in [4.69, 9.17) is 9.84 Å². The summed E-state index contributed by atoms with van der Waals surface area (Å²) in [5, 5.41) is 26.9. The van der Waals surface area contributed by atoms with Crippen LogP contribution in [0.3, 0.4) is 0 Å². The number of anilines is 1. The van der Waals surface area contributed by atoms with E-state index in [0.29, 0.717) is 42.2 Å². The Morgan fingerprint density at radius 3 is 2.79 bits per heavy atom. The van der Waals surface area contributed by atoms with Crippen LogP contribution in [0, 0.1) is 0 Å². The van der Waals surface area contributed by atoms with Crippen LogP contribution in [0.25, 0.3) is 17.0 Å². The lowest BCUT2D eigenvalue weighted by Gasteiger charge is -2.34. The number of nitrogens with one attached hydrogen (secondary N) is 1. The highest BCUT2D eigenvalue weighted by Gasteiger charge is 2.32. The Morgan fingerprint density at radius 1 is 1.24 bits per heavy atom. The Bertz CT molecular complexity index is 1170. The summed E-state index contributed by atoms with van der Waals surface area (Å²) in [6.07, 6.45) is -0.203. The predicted molar refractivity (Wildman–Crippen MR) is 113 cm³/mol. The topological polar surface area (TPSA) is 93.8 Å². The van der Waals surface area contributed by atoms with E-state index >= 15 is 0 Å². The molecular weight excluding hydrogens is 439 g/mol. The smallest absolute Gasteiger partial charge is 0.489 e. The molecule has 3 aromatic rings. The number of hydrogen-bond acceptors (Lipinski definition) is 7. The first kappa shape index (κ1) is 21.7. The summed E-state index contributed by atoms with van der Waals surface area (Å²) in [4.78, 5) is 0. The number of benzene rings is 1. The van der Waals surface area contributed by atoms with Crippen LogP contribution in [-0.2, 0) is 6.42 Å². The summed E-state index contributed by atoms with van der Waals surface area (Å²) in [7, 11) is 0. The zero-order valence-electron chi connectivity index (χ0n) is 18.0. The molecule has 2 aliphatic rings. The lowest BCUT2D eigenvalue weighted by Crippen LogP contribution is -2.36. The highest BCUT2D eigenvalue weighted by Crippen LogP contribution is 2.37. The van der Waals surface area contributed by atoms with Crippen LogP contribution in [-0.4, -0.2) is 49.5 Å². The monoisotopic (exact) mass is 463 g/mol. The molecule has 2 N–H and O–H groups in total. The summed E-state index contributed by atoms with van der Waals surface area (Å²) in [6, 6.07) is 5.70. The lowest BCUT2D eigenvalue weighted by molar-refractivity contribution is -0.274. The van der Waals surface area contributed by atoms with Gasteiger partial charge in [0.15, 0.2) is 17.4 Å². The average Bonchev–Trinajstić information content (AvgIpc) is 3.18. The van der Waals surface area contributed by atoms with Crippen molar-refractivity contribution in [2.45, 2.75) is 63.5 Å². The van der Waals surface area contributed by atoms with Gasteiger partial charge in [0.2, 0.25) is 5.65 Å². The van der Waals surface area contributed by atoms with Crippen LogP contribution in [0.2, 0.25) is 0 Å². The van der Waals surface area contributed by atoms with Crippen LogP contribution in [0.5, 0.6) is 11.5 Å². The zero-order valence-corrected chi connectivity index (χ0v) is 18.0. The third-order valence-electron chi connectivity index (χ3n) is 6.15. The third-order valence-corrected chi connectivity index (χ3v) is 6.15. The number of hydrogen-bond donors (Lipinski definition) is 2. The molecule has 0 atom stereocenters. The summed E-state index contributed by atoms with van der Waals surface area (Å²) in [6.45, 7) is 2.39. The van der Waals surface area contributed by atoms with E-state index in [1.165, 1.54) is 22.7 Å². The largest absolute Gasteiger partial charge is 0.573 e. The first-order chi connectivity index (χ1) is 15.7. The molecule has 1 aromatic carbocycles. The standard InChI is InChI=1S/C22H24F3N5O3/c1-21(31)9-7-14(8-10-21)26-18-16-6-3-11-32-17(16)20-28-27-19(30(20)29-18)13-4-2-5-15(12-13)33-22(23,24)25/h2,4-5,12,14,31H,3,6-11H2,1H3,(H,26,29)/t14-,21+. The minimum Gasteiger partial charge on any atom is -0.489 e. The number of nitrogens with zero attached hydrogens (tertiary/aromatic N) is 4. The zero-order chi connectivity index (χ0) is 23.2. The molecule has 2 aromatic heterocycles. The van der Waals surface area contributed by atoms with E-state index in [-0.39, 0.29) is 17.6 Å². The van der Waals surface area contributed by atoms with E-state index in [1.807, 2.05) is 6.92 Å². The molecule has 1 aliphatic carbocycles. The second-order valence-corrected chi connectivity index (χ2v) is 8.86. The maximum atomic E-state index is 12.7. The van der Waals surface area contributed by atoms with E-state index in [9.17, 15) is 18.3 Å². The molecule has 1 fully saturated rings. The van der Waals surface area contributed by atoms with E-state index in [0.717, 1.165) is 31.2 Å². The van der Waals surface area contributed by atoms with Crippen molar-refractivity contribution in [1.82, 2.24) is 19.8 Å². The van der Waals surface area contributed by atoms with Crippen molar-refractivity contribution < 1.29 is 27.8 Å². The maximum Gasteiger partial charge on any atom is 0.573 e. The Hall–Kier alpha value is -3.08. The molecule has 0 radical (unpaired) electrons. The summed E-state index contributed by atoms with van der Waals surface area (Å²) in [5.74, 6) is 1.17. The van der Waals surface area contributed by atoms with Gasteiger partial charge in [-0.25, -0.2) is 0 Å². The normalized spacial score (nSPS) is 23.1. The average molecular weight is 463 g/mol. The number of aromatic nitrogens is 4. The molecule has 0 amide bonds. The van der Waals surface area contributed by atoms with Gasteiger partial charge in [0.05, 0.1) is 12.2 Å². The van der Waals surface area contributed by atoms with Crippen LogP contribution in [0.4, 0.5) is 19.0 Å². The van der Waals surface area contributed by atoms with Gasteiger partial charge in [-0.1, -0.05) is 12.1 Å². The van der Waals surface area contributed by atoms with Crippen molar-refractivity contribution in [3.05, 3.63) is 29.8 Å². The van der Waals surface area contributed by atoms with Crippen molar-refractivity contribution in [1.29, 1.82) is 0 Å². The summed E-state index contributed by atoms with van der Waals surface area (Å²) >= 11 is 0. The minimum absolute atomic E-state index is 0.143. The fourth-order valence-electron chi connectivity index (χ4n) is 4.43. The van der Waals surface area contributed by atoms with Gasteiger partial charge in [0, 0.05) is 17.2 Å². The van der Waals surface area contributed by atoms with E-state index in [1.54, 1.807) is 6.07 Å². The van der Waals surface area contributed by atoms with Crippen molar-refractivity contribution in [2.75, 3.05) is 11.9 Å². The van der Waals surface area contributed by atoms with Crippen molar-refractivity contribution in [2.24, 2.45) is 0 Å². The maximum absolute atomic E-state index is 12.7. The highest BCUT2D eigenvalue weighted by atomic mass is 19.4. The molecule has 8 nitrogen and oxygen atoms in total. The molecule has 5 rings (SSSR count). The molecule has 0 saturated heterocycles. The predicted octanol–water partition coefficient (Wildman–Crippen LogP) is 4.12. The minimum atomic E-state index is -4.79. The lowest BCUT2D eigenvalue weighted by atomic mass is 9.83. The number of alkyl halides is 3. The van der Waals surface area contributed by atoms with E-state index in [2.05, 4.69) is 20.3 Å². The molecule has 3 heterocycles. The molecule has 0 unspecified atom stereocenters. The number of rotatable bonds is 4. The molecule has 0 spiro atoms. The summed E-state index contributed by atoms with van der Waals surface area (Å²) < 4.78 is 49.5. The Kier molecular flexibility index (Phi) is 5.31. The molecule has 176 valence electrons. The SMILES string of the molecule is C[C@]1(O)CC[C@@H](Nc2nn3c(-c4cccc(OC(F)(F)F)c4)nnc3c3c2CCCO3)CC1. The Balaban J connectivity index is 1.53. The molecule has 33 heavy (non-hydrogen) atoms. The summed E-state index contributed by atoms with van der Waals surface area (Å²) in [5.41, 5.74) is 1.06. The number of halogens is 3. The van der Waals surface area contributed by atoms with Crippen LogP contribution in [0.15, 0.2) is 24.3 Å². The number of ether oxygens (including phenoxy) is 2. The molecule has 0 bridgehead atoms. The third kappa shape index (κ3) is 4.54. The van der Waals surface area contributed by atoms with Gasteiger partial charge in [-0.2, -0.15) is 4.52 Å². The van der Waals surface area contributed by atoms with Crippen LogP contribution < -0.4 is 14.8 Å². The van der Waals surface area contributed by atoms with Gasteiger partial charge in [-0.3, -0.25) is 0 Å². The second-order valence-electron chi connectivity index (χ2n) is 8.86. The van der Waals surface area contributed by atoms with Crippen LogP contribution in [0.1, 0.15) is 44.6 Å². The Morgan fingerprint density at radius 2 is 2.03 bits per heavy atom. The molecule has 1 saturated carbocycles. The van der Waals surface area contributed by atoms with Gasteiger partial charge in [-0.05, 0) is 57.6 Å². The number of fused-ring (bicyclic) bond motifs is 3. The van der Waals surface area contributed by atoms with Gasteiger partial charge in [0.25, 0.3) is 0 Å². The number of aliphatic hydroxyl groups is 1. The quantitative estimate of drug-likeness (QED) is 0.601. The van der Waals surface area contributed by atoms with Crippen molar-refractivity contribution in [3.63, 3.8) is 0 Å². The molecular formula is C22H24F3N5O3. The van der Waals surface area contributed by atoms with Gasteiger partial charge >= 0.3 is 6.36 Å². The van der Waals surface area contributed by atoms with E-state index < -0.39 is 12.0 Å². The first-order valence-corrected chi connectivity index (χ1v) is 10.9. The van der Waals surface area contributed by atoms with Gasteiger partial charge in [-0.15, -0.1) is 28.5 Å². The highest BCUT2D eigenvalue weighted by molar-refractivity contribution is 5.69. The van der Waals surface area contributed by atoms with Gasteiger partial charge < -0.3 is 19.9 Å². The van der Waals surface area contributed by atoms with Gasteiger partial charge in [0.1, 0.15) is 5.75 Å². The fourth-order valence-corrected chi connectivity index (χ4v) is 4.43. The molecule has 1 aliphatic heterocycles.